The molecule has 148 valence electrons. The summed E-state index contributed by atoms with van der Waals surface area (Å²) in [6.45, 7) is 1.94. The van der Waals surface area contributed by atoms with Gasteiger partial charge in [-0.3, -0.25) is 0 Å². The smallest absolute Gasteiger partial charge is 0.319 e. The molecule has 1 aromatic rings. The number of nitrogens with zero attached hydrogens (tertiary/aromatic N) is 2. The molecule has 4 atom stereocenters. The Morgan fingerprint density at radius 3 is 1.96 bits per heavy atom. The molecule has 2 saturated heterocycles. The van der Waals surface area contributed by atoms with Gasteiger partial charge in [-0.1, -0.05) is 0 Å². The minimum absolute atomic E-state index is 0.0850. The van der Waals surface area contributed by atoms with Crippen LogP contribution >= 0.6 is 0 Å². The average molecular weight is 378 g/mol. The van der Waals surface area contributed by atoms with E-state index in [1.165, 1.54) is 4.90 Å². The van der Waals surface area contributed by atoms with Gasteiger partial charge in [0.05, 0.1) is 27.4 Å². The summed E-state index contributed by atoms with van der Waals surface area (Å²) < 4.78 is 16.3. The highest BCUT2D eigenvalue weighted by molar-refractivity contribution is 5.80. The molecule has 2 aliphatic rings. The number of hydrogen-bond donors (Lipinski definition) is 2. The zero-order valence-electron chi connectivity index (χ0n) is 16.4. The number of rotatable bonds is 4. The summed E-state index contributed by atoms with van der Waals surface area (Å²) in [5, 5.41) is 5.89. The van der Waals surface area contributed by atoms with Crippen molar-refractivity contribution in [2.24, 2.45) is 5.92 Å². The van der Waals surface area contributed by atoms with Gasteiger partial charge in [0.15, 0.2) is 11.5 Å². The Bertz CT molecular complexity index is 730. The molecule has 0 unspecified atom stereocenters. The molecular weight excluding hydrogens is 352 g/mol. The summed E-state index contributed by atoms with van der Waals surface area (Å²) in [5.74, 6) is 1.44. The molecule has 0 saturated carbocycles. The van der Waals surface area contributed by atoms with Crippen LogP contribution in [0.1, 0.15) is 18.5 Å². The van der Waals surface area contributed by atoms with E-state index in [4.69, 9.17) is 14.2 Å². The van der Waals surface area contributed by atoms with Gasteiger partial charge in [-0.05, 0) is 24.6 Å². The van der Waals surface area contributed by atoms with Gasteiger partial charge < -0.3 is 34.6 Å². The van der Waals surface area contributed by atoms with Crippen LogP contribution in [0.25, 0.3) is 0 Å². The van der Waals surface area contributed by atoms with Gasteiger partial charge in [0.25, 0.3) is 0 Å². The quantitative estimate of drug-likeness (QED) is 0.826. The molecule has 27 heavy (non-hydrogen) atoms. The second-order valence-electron chi connectivity index (χ2n) is 6.84. The Morgan fingerprint density at radius 2 is 1.44 bits per heavy atom. The minimum Gasteiger partial charge on any atom is -0.493 e. The normalized spacial score (nSPS) is 27.5. The Balaban J connectivity index is 2.12. The van der Waals surface area contributed by atoms with Crippen molar-refractivity contribution < 1.29 is 23.8 Å². The van der Waals surface area contributed by atoms with E-state index in [1.807, 2.05) is 19.1 Å². The summed E-state index contributed by atoms with van der Waals surface area (Å²) in [5.41, 5.74) is 0.841. The zero-order valence-corrected chi connectivity index (χ0v) is 16.4. The fourth-order valence-corrected chi connectivity index (χ4v) is 4.02. The molecular formula is C18H26N4O5. The molecule has 2 heterocycles. The fraction of sp³-hybridized carbons (Fsp3) is 0.556. The predicted molar refractivity (Wildman–Crippen MR) is 98.2 cm³/mol. The molecule has 9 nitrogen and oxygen atoms in total. The number of benzene rings is 1. The van der Waals surface area contributed by atoms with E-state index in [1.54, 1.807) is 40.3 Å². The number of ether oxygens (including phenoxy) is 3. The minimum atomic E-state index is -0.415. The summed E-state index contributed by atoms with van der Waals surface area (Å²) in [4.78, 5) is 27.9. The molecule has 0 radical (unpaired) electrons. The number of carbonyl (C=O) groups is 2. The van der Waals surface area contributed by atoms with Crippen LogP contribution in [0.2, 0.25) is 0 Å². The largest absolute Gasteiger partial charge is 0.493 e. The first-order valence-corrected chi connectivity index (χ1v) is 8.70. The topological polar surface area (TPSA) is 92.4 Å². The number of fused-ring (bicyclic) bond motifs is 1. The lowest BCUT2D eigenvalue weighted by Gasteiger charge is -2.52. The van der Waals surface area contributed by atoms with Crippen molar-refractivity contribution in [3.63, 3.8) is 0 Å². The summed E-state index contributed by atoms with van der Waals surface area (Å²) >= 11 is 0. The Labute approximate surface area is 158 Å². The molecule has 1 aromatic carbocycles. The third kappa shape index (κ3) is 2.96. The Kier molecular flexibility index (Phi) is 4.95. The van der Waals surface area contributed by atoms with E-state index in [9.17, 15) is 9.59 Å². The second-order valence-corrected chi connectivity index (χ2v) is 6.84. The van der Waals surface area contributed by atoms with Crippen LogP contribution in [0.3, 0.4) is 0 Å². The van der Waals surface area contributed by atoms with Crippen molar-refractivity contribution in [3.8, 4) is 17.2 Å². The van der Waals surface area contributed by atoms with E-state index in [0.717, 1.165) is 5.56 Å². The Hall–Kier alpha value is -2.84. The highest BCUT2D eigenvalue weighted by atomic mass is 16.5. The number of methoxy groups -OCH3 is 3. The van der Waals surface area contributed by atoms with Gasteiger partial charge in [0.1, 0.15) is 6.17 Å². The third-order valence-corrected chi connectivity index (χ3v) is 5.43. The average Bonchev–Trinajstić information content (AvgIpc) is 2.66. The van der Waals surface area contributed by atoms with E-state index in [2.05, 4.69) is 10.6 Å². The summed E-state index contributed by atoms with van der Waals surface area (Å²) in [6, 6.07) is 2.80. The van der Waals surface area contributed by atoms with Crippen molar-refractivity contribution in [2.75, 3.05) is 35.4 Å². The van der Waals surface area contributed by atoms with E-state index >= 15 is 0 Å². The van der Waals surface area contributed by atoms with Crippen LogP contribution in [-0.2, 0) is 0 Å². The van der Waals surface area contributed by atoms with Gasteiger partial charge in [-0.25, -0.2) is 9.59 Å². The number of hydrogen-bond acceptors (Lipinski definition) is 5. The van der Waals surface area contributed by atoms with E-state index in [-0.39, 0.29) is 30.1 Å². The van der Waals surface area contributed by atoms with Gasteiger partial charge in [-0.15, -0.1) is 0 Å². The molecule has 0 aliphatic carbocycles. The van der Waals surface area contributed by atoms with Crippen molar-refractivity contribution in [2.45, 2.75) is 25.2 Å². The number of nitrogens with one attached hydrogen (secondary N) is 2. The van der Waals surface area contributed by atoms with Gasteiger partial charge in [0, 0.05) is 26.1 Å². The molecule has 9 heteroatoms. The van der Waals surface area contributed by atoms with Crippen molar-refractivity contribution >= 4 is 12.1 Å². The lowest BCUT2D eigenvalue weighted by atomic mass is 9.81. The number of urea groups is 2. The lowest BCUT2D eigenvalue weighted by Crippen LogP contribution is -2.71. The standard InChI is InChI=1S/C18H26N4O5/c1-9-13-14(10-7-11(25-4)15(27-6)12(8-10)26-5)21(2)18(24)20-16(13)22(3)17(23)19-9/h7-9,13-14,16H,1-6H3,(H,19,23)(H,20,24)/t9-,13+,14-,16-/m0/s1. The first-order valence-electron chi connectivity index (χ1n) is 8.70. The highest BCUT2D eigenvalue weighted by Crippen LogP contribution is 2.45. The highest BCUT2D eigenvalue weighted by Gasteiger charge is 2.49. The van der Waals surface area contributed by atoms with Crippen LogP contribution in [0.5, 0.6) is 17.2 Å². The number of carbonyl (C=O) groups excluding carboxylic acids is 2. The summed E-state index contributed by atoms with van der Waals surface area (Å²) in [6.07, 6.45) is -0.415. The first kappa shape index (κ1) is 18.9. The molecule has 0 bridgehead atoms. The SMILES string of the molecule is COc1cc([C@H]2[C@H]3[C@H](C)NC(=O)N(C)[C@@H]3NC(=O)N2C)cc(OC)c1OC. The molecule has 2 fully saturated rings. The van der Waals surface area contributed by atoms with Crippen molar-refractivity contribution in [1.82, 2.24) is 20.4 Å². The van der Waals surface area contributed by atoms with Crippen LogP contribution in [-0.4, -0.2) is 69.5 Å². The maximum atomic E-state index is 12.6. The maximum Gasteiger partial charge on any atom is 0.319 e. The molecule has 2 aliphatic heterocycles. The lowest BCUT2D eigenvalue weighted by molar-refractivity contribution is 0.0247. The van der Waals surface area contributed by atoms with Crippen LogP contribution in [0.4, 0.5) is 9.59 Å². The van der Waals surface area contributed by atoms with E-state index < -0.39 is 6.17 Å². The second kappa shape index (κ2) is 7.05. The van der Waals surface area contributed by atoms with Gasteiger partial charge in [-0.2, -0.15) is 0 Å². The summed E-state index contributed by atoms with van der Waals surface area (Å²) in [7, 11) is 8.07. The van der Waals surface area contributed by atoms with Crippen molar-refractivity contribution in [3.05, 3.63) is 17.7 Å². The van der Waals surface area contributed by atoms with Crippen molar-refractivity contribution in [1.29, 1.82) is 0 Å². The fourth-order valence-electron chi connectivity index (χ4n) is 4.02. The van der Waals surface area contributed by atoms with Crippen LogP contribution in [0.15, 0.2) is 12.1 Å². The molecule has 3 rings (SSSR count). The molecule has 2 N–H and O–H groups in total. The first-order chi connectivity index (χ1) is 12.8. The van der Waals surface area contributed by atoms with Gasteiger partial charge >= 0.3 is 12.1 Å². The van der Waals surface area contributed by atoms with E-state index in [0.29, 0.717) is 17.2 Å². The third-order valence-electron chi connectivity index (χ3n) is 5.43. The predicted octanol–water partition coefficient (Wildman–Crippen LogP) is 1.39. The Morgan fingerprint density at radius 1 is 0.889 bits per heavy atom. The van der Waals surface area contributed by atoms with Gasteiger partial charge in [0.2, 0.25) is 5.75 Å². The molecule has 0 aromatic heterocycles. The number of amides is 4. The van der Waals surface area contributed by atoms with Crippen LogP contribution in [0, 0.1) is 5.92 Å². The molecule has 4 amide bonds. The monoisotopic (exact) mass is 378 g/mol. The van der Waals surface area contributed by atoms with Crippen LogP contribution < -0.4 is 24.8 Å². The molecule has 0 spiro atoms. The zero-order chi connectivity index (χ0) is 19.9. The maximum absolute atomic E-state index is 12.6.